The van der Waals surface area contributed by atoms with Gasteiger partial charge in [-0.3, -0.25) is 34.2 Å². The Labute approximate surface area is 193 Å². The van der Waals surface area contributed by atoms with Gasteiger partial charge in [0, 0.05) is 18.2 Å². The molecule has 0 radical (unpaired) electrons. The first-order valence-corrected chi connectivity index (χ1v) is 11.0. The highest BCUT2D eigenvalue weighted by molar-refractivity contribution is 6.29. The summed E-state index contributed by atoms with van der Waals surface area (Å²) < 4.78 is 0. The Morgan fingerprint density at radius 3 is 2.48 bits per heavy atom. The number of rotatable bonds is 4. The fourth-order valence-electron chi connectivity index (χ4n) is 4.58. The van der Waals surface area contributed by atoms with Crippen molar-refractivity contribution in [2.75, 3.05) is 0 Å². The van der Waals surface area contributed by atoms with E-state index in [1.165, 1.54) is 18.2 Å². The molecule has 1 saturated heterocycles. The number of hydrogen-bond acceptors (Lipinski definition) is 6. The van der Waals surface area contributed by atoms with Gasteiger partial charge in [0.05, 0.1) is 16.7 Å². The third kappa shape index (κ3) is 3.48. The summed E-state index contributed by atoms with van der Waals surface area (Å²) >= 11 is 5.88. The van der Waals surface area contributed by atoms with Crippen LogP contribution in [0.5, 0.6) is 0 Å². The SMILES string of the molecule is O=C1CCC(N2C(=O)c3ccc(C(=O)NC4(c5ccc(Cl)nc5)CCC4)cc3C2=O)C(=O)N1. The summed E-state index contributed by atoms with van der Waals surface area (Å²) in [6.07, 6.45) is 4.19. The number of pyridine rings is 1. The molecule has 33 heavy (non-hydrogen) atoms. The second-order valence-electron chi connectivity index (χ2n) is 8.47. The van der Waals surface area contributed by atoms with Crippen molar-refractivity contribution in [2.45, 2.75) is 43.7 Å². The number of aromatic nitrogens is 1. The molecule has 1 saturated carbocycles. The highest BCUT2D eigenvalue weighted by Gasteiger charge is 2.45. The normalized spacial score (nSPS) is 21.4. The van der Waals surface area contributed by atoms with E-state index >= 15 is 0 Å². The molecule has 10 heteroatoms. The standard InChI is InChI=1S/C23H19ClN4O5/c24-17-6-3-13(11-25-17)23(8-1-9-23)27-19(30)12-2-4-14-15(10-12)22(33)28(21(14)32)16-5-7-18(29)26-20(16)31/h2-4,6,10-11,16H,1,5,7-9H2,(H,27,30)(H,26,29,31). The van der Waals surface area contributed by atoms with E-state index in [1.54, 1.807) is 12.3 Å². The molecule has 5 amide bonds. The maximum atomic E-state index is 13.1. The average molecular weight is 467 g/mol. The monoisotopic (exact) mass is 466 g/mol. The summed E-state index contributed by atoms with van der Waals surface area (Å²) in [4.78, 5) is 67.5. The predicted octanol–water partition coefficient (Wildman–Crippen LogP) is 1.95. The molecule has 3 heterocycles. The largest absolute Gasteiger partial charge is 0.342 e. The molecule has 0 bridgehead atoms. The number of piperidine rings is 1. The topological polar surface area (TPSA) is 126 Å². The number of hydrogen-bond donors (Lipinski definition) is 2. The molecule has 1 unspecified atom stereocenters. The van der Waals surface area contributed by atoms with Crippen LogP contribution in [-0.4, -0.2) is 45.5 Å². The van der Waals surface area contributed by atoms with Gasteiger partial charge >= 0.3 is 0 Å². The van der Waals surface area contributed by atoms with Crippen LogP contribution < -0.4 is 10.6 Å². The number of carbonyl (C=O) groups is 5. The number of carbonyl (C=O) groups excluding carboxylic acids is 5. The van der Waals surface area contributed by atoms with E-state index in [0.717, 1.165) is 29.7 Å². The molecule has 1 aliphatic carbocycles. The third-order valence-corrected chi connectivity index (χ3v) is 6.77. The van der Waals surface area contributed by atoms with Crippen molar-refractivity contribution in [3.63, 3.8) is 0 Å². The minimum Gasteiger partial charge on any atom is -0.342 e. The first-order chi connectivity index (χ1) is 15.8. The number of halogens is 1. The summed E-state index contributed by atoms with van der Waals surface area (Å²) in [6.45, 7) is 0. The zero-order valence-corrected chi connectivity index (χ0v) is 18.1. The summed E-state index contributed by atoms with van der Waals surface area (Å²) in [5, 5.41) is 5.57. The summed E-state index contributed by atoms with van der Waals surface area (Å²) in [7, 11) is 0. The number of amides is 5. The Balaban J connectivity index is 1.39. The van der Waals surface area contributed by atoms with Crippen LogP contribution in [0.25, 0.3) is 0 Å². The van der Waals surface area contributed by atoms with Crippen LogP contribution in [0.2, 0.25) is 5.15 Å². The fourth-order valence-corrected chi connectivity index (χ4v) is 4.69. The van der Waals surface area contributed by atoms with Crippen LogP contribution >= 0.6 is 11.6 Å². The van der Waals surface area contributed by atoms with Gasteiger partial charge < -0.3 is 5.32 Å². The number of benzene rings is 1. The molecule has 1 aromatic heterocycles. The van der Waals surface area contributed by atoms with Crippen molar-refractivity contribution in [3.05, 3.63) is 63.9 Å². The molecule has 1 atom stereocenters. The number of nitrogens with zero attached hydrogens (tertiary/aromatic N) is 2. The molecule has 5 rings (SSSR count). The molecule has 2 N–H and O–H groups in total. The van der Waals surface area contributed by atoms with Crippen molar-refractivity contribution < 1.29 is 24.0 Å². The molecule has 0 spiro atoms. The van der Waals surface area contributed by atoms with E-state index in [0.29, 0.717) is 5.15 Å². The van der Waals surface area contributed by atoms with E-state index in [2.05, 4.69) is 15.6 Å². The molecule has 3 aliphatic rings. The lowest BCUT2D eigenvalue weighted by molar-refractivity contribution is -0.136. The van der Waals surface area contributed by atoms with Crippen LogP contribution in [0.3, 0.4) is 0 Å². The quantitative estimate of drug-likeness (QED) is 0.524. The maximum Gasteiger partial charge on any atom is 0.262 e. The second-order valence-corrected chi connectivity index (χ2v) is 8.85. The molecular formula is C23H19ClN4O5. The lowest BCUT2D eigenvalue weighted by Gasteiger charge is -2.42. The summed E-state index contributed by atoms with van der Waals surface area (Å²) in [5.41, 5.74) is 0.706. The summed E-state index contributed by atoms with van der Waals surface area (Å²) in [5.74, 6) is -2.76. The van der Waals surface area contributed by atoms with E-state index < -0.39 is 35.2 Å². The first kappa shape index (κ1) is 21.3. The van der Waals surface area contributed by atoms with Gasteiger partial charge in [-0.1, -0.05) is 17.7 Å². The Kier molecular flexibility index (Phi) is 5.01. The minimum absolute atomic E-state index is 0.0408. The Morgan fingerprint density at radius 1 is 1.09 bits per heavy atom. The first-order valence-electron chi connectivity index (χ1n) is 10.6. The molecular weight excluding hydrogens is 448 g/mol. The van der Waals surface area contributed by atoms with Crippen molar-refractivity contribution in [3.8, 4) is 0 Å². The van der Waals surface area contributed by atoms with Crippen LogP contribution in [0.4, 0.5) is 0 Å². The van der Waals surface area contributed by atoms with Gasteiger partial charge in [0.2, 0.25) is 11.8 Å². The lowest BCUT2D eigenvalue weighted by Crippen LogP contribution is -2.54. The number of fused-ring (bicyclic) bond motifs is 1. The molecule has 168 valence electrons. The highest BCUT2D eigenvalue weighted by atomic mass is 35.5. The number of imide groups is 2. The van der Waals surface area contributed by atoms with E-state index in [1.807, 2.05) is 6.07 Å². The highest BCUT2D eigenvalue weighted by Crippen LogP contribution is 2.41. The smallest absolute Gasteiger partial charge is 0.262 e. The average Bonchev–Trinajstić information content (AvgIpc) is 3.01. The number of nitrogens with one attached hydrogen (secondary N) is 2. The minimum atomic E-state index is -1.05. The van der Waals surface area contributed by atoms with Crippen LogP contribution in [0, 0.1) is 0 Å². The van der Waals surface area contributed by atoms with E-state index in [4.69, 9.17) is 11.6 Å². The van der Waals surface area contributed by atoms with Crippen molar-refractivity contribution >= 4 is 41.1 Å². The Bertz CT molecular complexity index is 1220. The molecule has 2 fully saturated rings. The van der Waals surface area contributed by atoms with Crippen molar-refractivity contribution in [2.24, 2.45) is 0 Å². The molecule has 1 aromatic carbocycles. The van der Waals surface area contributed by atoms with E-state index in [9.17, 15) is 24.0 Å². The van der Waals surface area contributed by atoms with Crippen LogP contribution in [0.1, 0.15) is 68.7 Å². The zero-order valence-electron chi connectivity index (χ0n) is 17.4. The molecule has 2 aliphatic heterocycles. The maximum absolute atomic E-state index is 13.1. The predicted molar refractivity (Wildman–Crippen MR) is 115 cm³/mol. The summed E-state index contributed by atoms with van der Waals surface area (Å²) in [6, 6.07) is 6.74. The third-order valence-electron chi connectivity index (χ3n) is 6.54. The van der Waals surface area contributed by atoms with Gasteiger partial charge in [0.1, 0.15) is 11.2 Å². The van der Waals surface area contributed by atoms with Crippen LogP contribution in [0.15, 0.2) is 36.5 Å². The van der Waals surface area contributed by atoms with Gasteiger partial charge in [0.15, 0.2) is 0 Å². The molecule has 9 nitrogen and oxygen atoms in total. The second kappa shape index (κ2) is 7.77. The van der Waals surface area contributed by atoms with Gasteiger partial charge in [-0.25, -0.2) is 4.98 Å². The van der Waals surface area contributed by atoms with E-state index in [-0.39, 0.29) is 35.4 Å². The van der Waals surface area contributed by atoms with Gasteiger partial charge in [-0.15, -0.1) is 0 Å². The Hall–Kier alpha value is -3.59. The van der Waals surface area contributed by atoms with Gasteiger partial charge in [0.25, 0.3) is 17.7 Å². The van der Waals surface area contributed by atoms with Gasteiger partial charge in [-0.2, -0.15) is 0 Å². The molecule has 2 aromatic rings. The fraction of sp³-hybridized carbons (Fsp3) is 0.304. The van der Waals surface area contributed by atoms with Gasteiger partial charge in [-0.05, 0) is 55.5 Å². The lowest BCUT2D eigenvalue weighted by atomic mass is 9.72. The van der Waals surface area contributed by atoms with Crippen molar-refractivity contribution in [1.82, 2.24) is 20.5 Å². The van der Waals surface area contributed by atoms with Crippen molar-refractivity contribution in [1.29, 1.82) is 0 Å². The van der Waals surface area contributed by atoms with Crippen LogP contribution in [-0.2, 0) is 15.1 Å². The zero-order chi connectivity index (χ0) is 23.3. The Morgan fingerprint density at radius 2 is 1.85 bits per heavy atom.